The van der Waals surface area contributed by atoms with Crippen LogP contribution in [0.25, 0.3) is 10.9 Å². The zero-order valence-electron chi connectivity index (χ0n) is 11.7. The monoisotopic (exact) mass is 260 g/mol. The molecular formula is C15H20N2O2. The van der Waals surface area contributed by atoms with Crippen LogP contribution in [0.1, 0.15) is 18.9 Å². The Morgan fingerprint density at radius 1 is 1.21 bits per heavy atom. The number of pyridine rings is 1. The summed E-state index contributed by atoms with van der Waals surface area (Å²) >= 11 is 0. The topological polar surface area (TPSA) is 43.4 Å². The van der Waals surface area contributed by atoms with Crippen LogP contribution in [0.4, 0.5) is 5.82 Å². The van der Waals surface area contributed by atoms with E-state index in [2.05, 4.69) is 23.3 Å². The number of rotatable bonds is 6. The van der Waals surface area contributed by atoms with Gasteiger partial charge in [-0.3, -0.25) is 0 Å². The summed E-state index contributed by atoms with van der Waals surface area (Å²) in [4.78, 5) is 4.67. The molecule has 1 aromatic carbocycles. The van der Waals surface area contributed by atoms with E-state index >= 15 is 0 Å². The maximum absolute atomic E-state index is 5.24. The SMILES string of the molecule is CCCNc1nc2cc(OC)ccc2cc1COC. The van der Waals surface area contributed by atoms with Crippen LogP contribution in [-0.2, 0) is 11.3 Å². The number of nitrogens with zero attached hydrogens (tertiary/aromatic N) is 1. The van der Waals surface area contributed by atoms with Gasteiger partial charge in [-0.25, -0.2) is 4.98 Å². The summed E-state index contributed by atoms with van der Waals surface area (Å²) in [6.45, 7) is 3.59. The Labute approximate surface area is 113 Å². The van der Waals surface area contributed by atoms with Crippen molar-refractivity contribution in [2.24, 2.45) is 0 Å². The van der Waals surface area contributed by atoms with Crippen molar-refractivity contribution in [2.45, 2.75) is 20.0 Å². The van der Waals surface area contributed by atoms with Crippen LogP contribution in [0, 0.1) is 0 Å². The molecule has 0 spiro atoms. The molecule has 1 N–H and O–H groups in total. The molecule has 0 fully saturated rings. The summed E-state index contributed by atoms with van der Waals surface area (Å²) in [7, 11) is 3.36. The largest absolute Gasteiger partial charge is 0.497 e. The molecule has 0 aliphatic rings. The minimum absolute atomic E-state index is 0.557. The van der Waals surface area contributed by atoms with Crippen molar-refractivity contribution in [1.82, 2.24) is 4.98 Å². The Kier molecular flexibility index (Phi) is 4.58. The fourth-order valence-electron chi connectivity index (χ4n) is 1.98. The number of fused-ring (bicyclic) bond motifs is 1. The third kappa shape index (κ3) is 3.15. The first-order valence-electron chi connectivity index (χ1n) is 6.49. The van der Waals surface area contributed by atoms with E-state index < -0.39 is 0 Å². The molecule has 0 saturated heterocycles. The minimum Gasteiger partial charge on any atom is -0.497 e. The summed E-state index contributed by atoms with van der Waals surface area (Å²) in [6.07, 6.45) is 1.06. The van der Waals surface area contributed by atoms with Gasteiger partial charge in [0.05, 0.1) is 19.2 Å². The predicted molar refractivity (Wildman–Crippen MR) is 77.8 cm³/mol. The first-order valence-corrected chi connectivity index (χ1v) is 6.49. The second-order valence-corrected chi connectivity index (χ2v) is 4.41. The first kappa shape index (κ1) is 13.6. The van der Waals surface area contributed by atoms with Crippen LogP contribution in [0.5, 0.6) is 5.75 Å². The zero-order valence-corrected chi connectivity index (χ0v) is 11.7. The smallest absolute Gasteiger partial charge is 0.132 e. The van der Waals surface area contributed by atoms with E-state index in [0.29, 0.717) is 6.61 Å². The summed E-state index contributed by atoms with van der Waals surface area (Å²) in [5.74, 6) is 1.71. The van der Waals surface area contributed by atoms with Crippen molar-refractivity contribution < 1.29 is 9.47 Å². The molecule has 19 heavy (non-hydrogen) atoms. The Morgan fingerprint density at radius 3 is 2.74 bits per heavy atom. The highest BCUT2D eigenvalue weighted by Crippen LogP contribution is 2.24. The molecule has 0 amide bonds. The van der Waals surface area contributed by atoms with E-state index in [4.69, 9.17) is 9.47 Å². The van der Waals surface area contributed by atoms with Crippen molar-refractivity contribution in [3.63, 3.8) is 0 Å². The highest BCUT2D eigenvalue weighted by atomic mass is 16.5. The van der Waals surface area contributed by atoms with Gasteiger partial charge in [0.2, 0.25) is 0 Å². The molecule has 1 heterocycles. The molecule has 4 nitrogen and oxygen atoms in total. The second kappa shape index (κ2) is 6.38. The molecule has 4 heteroatoms. The Hall–Kier alpha value is -1.81. The summed E-state index contributed by atoms with van der Waals surface area (Å²) < 4.78 is 10.5. The number of aromatic nitrogens is 1. The van der Waals surface area contributed by atoms with E-state index in [1.807, 2.05) is 18.2 Å². The van der Waals surface area contributed by atoms with E-state index in [-0.39, 0.29) is 0 Å². The van der Waals surface area contributed by atoms with Gasteiger partial charge in [-0.15, -0.1) is 0 Å². The first-order chi connectivity index (χ1) is 9.28. The van der Waals surface area contributed by atoms with Crippen LogP contribution in [0.15, 0.2) is 24.3 Å². The number of nitrogens with one attached hydrogen (secondary N) is 1. The molecule has 0 aliphatic carbocycles. The average Bonchev–Trinajstić information content (AvgIpc) is 2.44. The van der Waals surface area contributed by atoms with Gasteiger partial charge in [-0.05, 0) is 24.6 Å². The van der Waals surface area contributed by atoms with Gasteiger partial charge in [0.15, 0.2) is 0 Å². The second-order valence-electron chi connectivity index (χ2n) is 4.41. The lowest BCUT2D eigenvalue weighted by atomic mass is 10.1. The molecule has 0 radical (unpaired) electrons. The normalized spacial score (nSPS) is 10.7. The van der Waals surface area contributed by atoms with E-state index in [1.165, 1.54) is 0 Å². The molecule has 0 bridgehead atoms. The third-order valence-corrected chi connectivity index (χ3v) is 2.95. The van der Waals surface area contributed by atoms with Gasteiger partial charge in [0.1, 0.15) is 11.6 Å². The lowest BCUT2D eigenvalue weighted by Gasteiger charge is -2.12. The summed E-state index contributed by atoms with van der Waals surface area (Å²) in [6, 6.07) is 8.02. The molecule has 2 rings (SSSR count). The van der Waals surface area contributed by atoms with Crippen molar-refractivity contribution in [1.29, 1.82) is 0 Å². The summed E-state index contributed by atoms with van der Waals surface area (Å²) in [5, 5.41) is 4.44. The third-order valence-electron chi connectivity index (χ3n) is 2.95. The Morgan fingerprint density at radius 2 is 2.05 bits per heavy atom. The number of hydrogen-bond donors (Lipinski definition) is 1. The average molecular weight is 260 g/mol. The van der Waals surface area contributed by atoms with Crippen LogP contribution >= 0.6 is 0 Å². The highest BCUT2D eigenvalue weighted by Gasteiger charge is 2.07. The van der Waals surface area contributed by atoms with Crippen molar-refractivity contribution >= 4 is 16.7 Å². The fourth-order valence-corrected chi connectivity index (χ4v) is 1.98. The Bertz CT molecular complexity index is 555. The number of ether oxygens (including phenoxy) is 2. The molecule has 0 saturated carbocycles. The quantitative estimate of drug-likeness (QED) is 0.866. The standard InChI is InChI=1S/C15H20N2O2/c1-4-7-16-15-12(10-18-2)8-11-5-6-13(19-3)9-14(11)17-15/h5-6,8-9H,4,7,10H2,1-3H3,(H,16,17). The molecule has 0 atom stereocenters. The van der Waals surface area contributed by atoms with Gasteiger partial charge in [0, 0.05) is 30.7 Å². The van der Waals surface area contributed by atoms with E-state index in [0.717, 1.165) is 41.0 Å². The van der Waals surface area contributed by atoms with Gasteiger partial charge in [-0.1, -0.05) is 6.92 Å². The molecular weight excluding hydrogens is 240 g/mol. The zero-order chi connectivity index (χ0) is 13.7. The van der Waals surface area contributed by atoms with E-state index in [9.17, 15) is 0 Å². The lowest BCUT2D eigenvalue weighted by molar-refractivity contribution is 0.185. The van der Waals surface area contributed by atoms with Crippen LogP contribution < -0.4 is 10.1 Å². The van der Waals surface area contributed by atoms with Gasteiger partial charge < -0.3 is 14.8 Å². The molecule has 102 valence electrons. The predicted octanol–water partition coefficient (Wildman–Crippen LogP) is 3.21. The van der Waals surface area contributed by atoms with Gasteiger partial charge in [-0.2, -0.15) is 0 Å². The maximum atomic E-state index is 5.24. The number of anilines is 1. The van der Waals surface area contributed by atoms with Gasteiger partial charge >= 0.3 is 0 Å². The van der Waals surface area contributed by atoms with Crippen LogP contribution in [0.3, 0.4) is 0 Å². The summed E-state index contributed by atoms with van der Waals surface area (Å²) in [5.41, 5.74) is 2.01. The lowest BCUT2D eigenvalue weighted by Crippen LogP contribution is -2.06. The number of hydrogen-bond acceptors (Lipinski definition) is 4. The number of methoxy groups -OCH3 is 2. The van der Waals surface area contributed by atoms with E-state index in [1.54, 1.807) is 14.2 Å². The molecule has 0 aliphatic heterocycles. The Balaban J connectivity index is 2.45. The molecule has 2 aromatic rings. The molecule has 0 unspecified atom stereocenters. The van der Waals surface area contributed by atoms with Crippen molar-refractivity contribution in [3.05, 3.63) is 29.8 Å². The van der Waals surface area contributed by atoms with Gasteiger partial charge in [0.25, 0.3) is 0 Å². The molecule has 1 aromatic heterocycles. The maximum Gasteiger partial charge on any atom is 0.132 e. The van der Waals surface area contributed by atoms with Crippen molar-refractivity contribution in [3.8, 4) is 5.75 Å². The number of benzene rings is 1. The van der Waals surface area contributed by atoms with Crippen molar-refractivity contribution in [2.75, 3.05) is 26.1 Å². The van der Waals surface area contributed by atoms with Crippen LogP contribution in [0.2, 0.25) is 0 Å². The minimum atomic E-state index is 0.557. The van der Waals surface area contributed by atoms with Crippen LogP contribution in [-0.4, -0.2) is 25.7 Å². The fraction of sp³-hybridized carbons (Fsp3) is 0.400. The highest BCUT2D eigenvalue weighted by molar-refractivity contribution is 5.83.